The quantitative estimate of drug-likeness (QED) is 0.582. The second kappa shape index (κ2) is 3.31. The molecule has 0 saturated carbocycles. The van der Waals surface area contributed by atoms with Crippen LogP contribution >= 0.6 is 18.0 Å². The summed E-state index contributed by atoms with van der Waals surface area (Å²) in [5.41, 5.74) is 9.44. The van der Waals surface area contributed by atoms with E-state index in [0.717, 1.165) is 0 Å². The second-order valence-corrected chi connectivity index (χ2v) is 5.43. The van der Waals surface area contributed by atoms with Gasteiger partial charge >= 0.3 is 0 Å². The Labute approximate surface area is 55.4 Å². The summed E-state index contributed by atoms with van der Waals surface area (Å²) in [5.74, 6) is 0. The second-order valence-electron chi connectivity index (χ2n) is 1.24. The molecule has 0 radical (unpaired) electrons. The fraction of sp³-hybridized carbons (Fsp3) is 0.500. The molecule has 0 saturated heterocycles. The van der Waals surface area contributed by atoms with Crippen molar-refractivity contribution in [2.45, 2.75) is 0 Å². The van der Waals surface area contributed by atoms with Crippen molar-refractivity contribution < 1.29 is 13.8 Å². The lowest BCUT2D eigenvalue weighted by Gasteiger charge is -1.99. The van der Waals surface area contributed by atoms with Crippen LogP contribution in [0.2, 0.25) is 0 Å². The van der Waals surface area contributed by atoms with Gasteiger partial charge in [-0.05, 0) is 0 Å². The summed E-state index contributed by atoms with van der Waals surface area (Å²) in [4.78, 5) is 10.1. The highest BCUT2D eigenvalue weighted by Crippen LogP contribution is 2.42. The summed E-state index contributed by atoms with van der Waals surface area (Å²) < 4.78 is 21.6. The van der Waals surface area contributed by atoms with E-state index in [2.05, 4.69) is 0 Å². The molecule has 0 aliphatic carbocycles. The monoisotopic (exact) mass is 172 g/mol. The standard InChI is InChI=1S/C2H6FN2O2PS/c3-1-2(6)9-8(4,5)7/h1H2,(H4,4,5,7). The van der Waals surface area contributed by atoms with Crippen LogP contribution in [0.1, 0.15) is 0 Å². The summed E-state index contributed by atoms with van der Waals surface area (Å²) in [5, 5.41) is -0.900. The van der Waals surface area contributed by atoms with Crippen molar-refractivity contribution in [1.29, 1.82) is 0 Å². The van der Waals surface area contributed by atoms with Crippen molar-refractivity contribution in [3.8, 4) is 0 Å². The van der Waals surface area contributed by atoms with Gasteiger partial charge in [-0.3, -0.25) is 20.4 Å². The van der Waals surface area contributed by atoms with Gasteiger partial charge in [0.1, 0.15) is 0 Å². The van der Waals surface area contributed by atoms with Gasteiger partial charge in [0.15, 0.2) is 6.67 Å². The van der Waals surface area contributed by atoms with Gasteiger partial charge in [0.2, 0.25) is 5.12 Å². The molecule has 7 heteroatoms. The molecule has 0 aliphatic rings. The molecule has 0 atom stereocenters. The average Bonchev–Trinajstić information content (AvgIpc) is 1.62. The molecule has 0 heterocycles. The van der Waals surface area contributed by atoms with Gasteiger partial charge in [0, 0.05) is 11.4 Å². The van der Waals surface area contributed by atoms with Crippen LogP contribution in [0, 0.1) is 0 Å². The Morgan fingerprint density at radius 1 is 1.67 bits per heavy atom. The molecule has 9 heavy (non-hydrogen) atoms. The molecular weight excluding hydrogens is 166 g/mol. The van der Waals surface area contributed by atoms with Gasteiger partial charge in [-0.1, -0.05) is 0 Å². The van der Waals surface area contributed by atoms with Crippen molar-refractivity contribution in [2.75, 3.05) is 6.67 Å². The van der Waals surface area contributed by atoms with Crippen LogP contribution in [-0.2, 0) is 9.36 Å². The summed E-state index contributed by atoms with van der Waals surface area (Å²) in [6, 6.07) is 0. The highest BCUT2D eigenvalue weighted by molar-refractivity contribution is 8.63. The molecule has 0 aromatic heterocycles. The molecule has 0 amide bonds. The van der Waals surface area contributed by atoms with Crippen molar-refractivity contribution in [2.24, 2.45) is 11.0 Å². The summed E-state index contributed by atoms with van der Waals surface area (Å²) >= 11 is 0.154. The lowest BCUT2D eigenvalue weighted by Crippen LogP contribution is -2.04. The van der Waals surface area contributed by atoms with Crippen LogP contribution in [0.3, 0.4) is 0 Å². The van der Waals surface area contributed by atoms with Crippen molar-refractivity contribution in [1.82, 2.24) is 0 Å². The zero-order valence-electron chi connectivity index (χ0n) is 4.41. The molecule has 4 nitrogen and oxygen atoms in total. The van der Waals surface area contributed by atoms with Gasteiger partial charge in [0.05, 0.1) is 0 Å². The molecule has 0 rings (SSSR count). The van der Waals surface area contributed by atoms with Gasteiger partial charge in [0.25, 0.3) is 6.65 Å². The number of rotatable bonds is 2. The van der Waals surface area contributed by atoms with E-state index in [4.69, 9.17) is 11.0 Å². The number of hydrogen-bond donors (Lipinski definition) is 2. The molecule has 0 unspecified atom stereocenters. The number of halogens is 1. The Kier molecular flexibility index (Phi) is 3.35. The maximum atomic E-state index is 11.3. The molecule has 0 aromatic rings. The van der Waals surface area contributed by atoms with Crippen molar-refractivity contribution in [3.05, 3.63) is 0 Å². The fourth-order valence-electron chi connectivity index (χ4n) is 0.184. The van der Waals surface area contributed by atoms with Crippen LogP contribution in [0.25, 0.3) is 0 Å². The van der Waals surface area contributed by atoms with Crippen molar-refractivity contribution >= 4 is 23.1 Å². The predicted molar refractivity (Wildman–Crippen MR) is 34.6 cm³/mol. The Morgan fingerprint density at radius 3 is 2.22 bits per heavy atom. The number of carbonyl (C=O) groups is 1. The van der Waals surface area contributed by atoms with Crippen LogP contribution in [-0.4, -0.2) is 11.8 Å². The third-order valence-electron chi connectivity index (χ3n) is 0.354. The van der Waals surface area contributed by atoms with Crippen LogP contribution in [0.4, 0.5) is 4.39 Å². The lowest BCUT2D eigenvalue weighted by molar-refractivity contribution is -0.111. The maximum Gasteiger partial charge on any atom is 0.268 e. The molecule has 4 N–H and O–H groups in total. The van der Waals surface area contributed by atoms with Crippen LogP contribution in [0.5, 0.6) is 0 Å². The molecule has 0 aliphatic heterocycles. The Bertz CT molecular complexity index is 157. The number of nitrogens with two attached hydrogens (primary N) is 2. The summed E-state index contributed by atoms with van der Waals surface area (Å²) in [7, 11) is 0. The zero-order valence-corrected chi connectivity index (χ0v) is 6.12. The predicted octanol–water partition coefficient (Wildman–Crippen LogP) is 0.241. The zero-order chi connectivity index (χ0) is 7.49. The Hall–Kier alpha value is 0.100. The third kappa shape index (κ3) is 5.98. The van der Waals surface area contributed by atoms with Gasteiger partial charge in [-0.25, -0.2) is 4.39 Å². The molecular formula is C2H6FN2O2PS. The third-order valence-corrected chi connectivity index (χ3v) is 2.42. The van der Waals surface area contributed by atoms with Gasteiger partial charge in [-0.2, -0.15) is 0 Å². The SMILES string of the molecule is NP(N)(=O)SC(=O)CF. The highest BCUT2D eigenvalue weighted by Gasteiger charge is 2.15. The maximum absolute atomic E-state index is 11.3. The number of hydrogen-bond acceptors (Lipinski definition) is 3. The first kappa shape index (κ1) is 9.10. The molecule has 54 valence electrons. The first-order valence-corrected chi connectivity index (χ1v) is 5.18. The van der Waals surface area contributed by atoms with E-state index in [0.29, 0.717) is 0 Å². The Morgan fingerprint density at radius 2 is 2.11 bits per heavy atom. The first-order valence-electron chi connectivity index (χ1n) is 1.91. The lowest BCUT2D eigenvalue weighted by atomic mass is 10.9. The summed E-state index contributed by atoms with van der Waals surface area (Å²) in [6.45, 7) is -4.60. The highest BCUT2D eigenvalue weighted by atomic mass is 32.7. The fourth-order valence-corrected chi connectivity index (χ4v) is 1.65. The Balaban J connectivity index is 3.75. The van der Waals surface area contributed by atoms with Gasteiger partial charge in [-0.15, -0.1) is 0 Å². The van der Waals surface area contributed by atoms with E-state index >= 15 is 0 Å². The van der Waals surface area contributed by atoms with E-state index in [1.165, 1.54) is 0 Å². The van der Waals surface area contributed by atoms with E-state index in [1.54, 1.807) is 0 Å². The minimum absolute atomic E-state index is 0.154. The molecule has 0 spiro atoms. The van der Waals surface area contributed by atoms with Gasteiger partial charge < -0.3 is 0 Å². The minimum atomic E-state index is -3.41. The number of carbonyl (C=O) groups excluding carboxylic acids is 1. The first-order chi connectivity index (χ1) is 3.95. The smallest absolute Gasteiger partial charge is 0.268 e. The normalized spacial score (nSPS) is 11.4. The number of alkyl halides is 1. The molecule has 0 bridgehead atoms. The van der Waals surface area contributed by atoms with E-state index in [1.807, 2.05) is 0 Å². The van der Waals surface area contributed by atoms with Crippen molar-refractivity contribution in [3.63, 3.8) is 0 Å². The van der Waals surface area contributed by atoms with E-state index < -0.39 is 18.4 Å². The molecule has 0 fully saturated rings. The van der Waals surface area contributed by atoms with E-state index in [9.17, 15) is 13.8 Å². The average molecular weight is 172 g/mol. The topological polar surface area (TPSA) is 86.2 Å². The van der Waals surface area contributed by atoms with Crippen LogP contribution in [0.15, 0.2) is 0 Å². The minimum Gasteiger partial charge on any atom is -0.284 e. The molecule has 0 aromatic carbocycles. The largest absolute Gasteiger partial charge is 0.284 e. The van der Waals surface area contributed by atoms with Crippen LogP contribution < -0.4 is 11.0 Å². The summed E-state index contributed by atoms with van der Waals surface area (Å²) in [6.07, 6.45) is 0. The van der Waals surface area contributed by atoms with E-state index in [-0.39, 0.29) is 11.4 Å².